The highest BCUT2D eigenvalue weighted by atomic mass is 32.5. The van der Waals surface area contributed by atoms with E-state index in [2.05, 4.69) is 25.4 Å². The Bertz CT molecular complexity index is 1720. The van der Waals surface area contributed by atoms with Crippen LogP contribution in [0.15, 0.2) is 48.8 Å². The van der Waals surface area contributed by atoms with E-state index in [1.54, 1.807) is 33.9 Å². The summed E-state index contributed by atoms with van der Waals surface area (Å²) in [6, 6.07) is 12.1. The van der Waals surface area contributed by atoms with Crippen LogP contribution in [0.5, 0.6) is 5.75 Å². The zero-order valence-electron chi connectivity index (χ0n) is 24.8. The molecule has 1 aliphatic rings. The van der Waals surface area contributed by atoms with Gasteiger partial charge in [-0.15, -0.1) is 0 Å². The first-order valence-electron chi connectivity index (χ1n) is 13.9. The lowest BCUT2D eigenvalue weighted by Gasteiger charge is -2.28. The fourth-order valence-corrected chi connectivity index (χ4v) is 7.34. The first-order chi connectivity index (χ1) is 20.8. The summed E-state index contributed by atoms with van der Waals surface area (Å²) in [6.07, 6.45) is -3.18. The number of nitrogens with one attached hydrogen (secondary N) is 2. The molecule has 6 atom stereocenters. The largest absolute Gasteiger partial charge is 0.462 e. The van der Waals surface area contributed by atoms with E-state index in [0.717, 1.165) is 10.8 Å². The van der Waals surface area contributed by atoms with Crippen LogP contribution in [0.3, 0.4) is 0 Å². The van der Waals surface area contributed by atoms with Crippen molar-refractivity contribution in [1.82, 2.24) is 24.6 Å². The normalized spacial score (nSPS) is 24.0. The Morgan fingerprint density at radius 2 is 1.98 bits per heavy atom. The molecule has 0 radical (unpaired) electrons. The van der Waals surface area contributed by atoms with Gasteiger partial charge in [0.25, 0.3) is 0 Å². The molecular formula is C28H35FN7O6PS. The molecule has 1 unspecified atom stereocenters. The lowest BCUT2D eigenvalue weighted by atomic mass is 9.98. The third-order valence-electron chi connectivity index (χ3n) is 7.08. The Labute approximate surface area is 258 Å². The van der Waals surface area contributed by atoms with Crippen LogP contribution >= 0.6 is 6.64 Å². The number of fused-ring (bicyclic) bond motifs is 2. The van der Waals surface area contributed by atoms with Gasteiger partial charge in [0.2, 0.25) is 5.95 Å². The maximum atomic E-state index is 16.2. The second-order valence-electron chi connectivity index (χ2n) is 10.8. The van der Waals surface area contributed by atoms with Crippen LogP contribution in [0.1, 0.15) is 33.9 Å². The van der Waals surface area contributed by atoms with Crippen LogP contribution in [0.25, 0.3) is 21.9 Å². The van der Waals surface area contributed by atoms with E-state index < -0.39 is 42.8 Å². The van der Waals surface area contributed by atoms with E-state index in [1.807, 2.05) is 36.4 Å². The van der Waals surface area contributed by atoms with Crippen LogP contribution < -0.4 is 20.7 Å². The van der Waals surface area contributed by atoms with Gasteiger partial charge in [-0.25, -0.2) is 14.5 Å². The molecule has 2 aromatic carbocycles. The molecule has 16 heteroatoms. The number of ether oxygens (including phenoxy) is 2. The first-order valence-corrected chi connectivity index (χ1v) is 16.6. The van der Waals surface area contributed by atoms with Gasteiger partial charge in [-0.3, -0.25) is 9.36 Å². The lowest BCUT2D eigenvalue weighted by Crippen LogP contribution is -2.41. The molecule has 1 saturated heterocycles. The van der Waals surface area contributed by atoms with E-state index in [1.165, 1.54) is 17.8 Å². The van der Waals surface area contributed by atoms with Gasteiger partial charge >= 0.3 is 12.6 Å². The maximum Gasteiger partial charge on any atom is 0.323 e. The molecule has 0 spiro atoms. The van der Waals surface area contributed by atoms with Crippen molar-refractivity contribution in [3.8, 4) is 5.75 Å². The molecular weight excluding hydrogens is 612 g/mol. The smallest absolute Gasteiger partial charge is 0.323 e. The van der Waals surface area contributed by atoms with Gasteiger partial charge in [0.15, 0.2) is 28.9 Å². The summed E-state index contributed by atoms with van der Waals surface area (Å²) < 4.78 is 41.3. The molecule has 0 amide bonds. The lowest BCUT2D eigenvalue weighted by molar-refractivity contribution is -0.149. The van der Waals surface area contributed by atoms with Crippen LogP contribution in [0.4, 0.5) is 16.2 Å². The Morgan fingerprint density at radius 3 is 2.70 bits per heavy atom. The average Bonchev–Trinajstić information content (AvgIpc) is 3.48. The number of nitrogens with zero attached hydrogens (tertiary/aromatic N) is 4. The molecule has 44 heavy (non-hydrogen) atoms. The van der Waals surface area contributed by atoms with Crippen molar-refractivity contribution in [1.29, 1.82) is 0 Å². The van der Waals surface area contributed by atoms with Crippen molar-refractivity contribution < 1.29 is 32.8 Å². The Balaban J connectivity index is 1.42. The van der Waals surface area contributed by atoms with Gasteiger partial charge in [0.05, 0.1) is 19.0 Å². The van der Waals surface area contributed by atoms with Crippen molar-refractivity contribution in [2.24, 2.45) is 0 Å². The molecule has 5 N–H and O–H groups in total. The SMILES string of the molecule is CNc1nc(N)nc2c1ncn2[C@@H]1O[C@H](COP(=S)(N[C@H](C)C(=O)OC(C)C)Oc2cccc3ccccc23)[C@@H](O)[C@@]1(C)F. The summed E-state index contributed by atoms with van der Waals surface area (Å²) in [5.74, 6) is 0.173. The summed E-state index contributed by atoms with van der Waals surface area (Å²) in [4.78, 5) is 25.3. The summed E-state index contributed by atoms with van der Waals surface area (Å²) in [5.41, 5.74) is 4.12. The number of imidazole rings is 1. The number of carbonyl (C=O) groups is 1. The quantitative estimate of drug-likeness (QED) is 0.137. The summed E-state index contributed by atoms with van der Waals surface area (Å²) in [7, 11) is 1.64. The maximum absolute atomic E-state index is 16.2. The number of nitrogen functional groups attached to an aromatic ring is 1. The average molecular weight is 648 g/mol. The van der Waals surface area contributed by atoms with Crippen LogP contribution in [0.2, 0.25) is 0 Å². The molecule has 1 fully saturated rings. The number of esters is 1. The molecule has 3 heterocycles. The zero-order valence-corrected chi connectivity index (χ0v) is 26.5. The molecule has 1 aliphatic heterocycles. The molecule has 0 saturated carbocycles. The first kappa shape index (κ1) is 31.9. The molecule has 5 rings (SSSR count). The van der Waals surface area contributed by atoms with Crippen LogP contribution in [-0.2, 0) is 30.6 Å². The van der Waals surface area contributed by atoms with E-state index in [0.29, 0.717) is 17.1 Å². The predicted molar refractivity (Wildman–Crippen MR) is 167 cm³/mol. The van der Waals surface area contributed by atoms with E-state index >= 15 is 4.39 Å². The van der Waals surface area contributed by atoms with Crippen molar-refractivity contribution in [3.05, 3.63) is 48.8 Å². The van der Waals surface area contributed by atoms with Crippen molar-refractivity contribution in [2.45, 2.75) is 63.9 Å². The fraction of sp³-hybridized carbons (Fsp3) is 0.429. The summed E-state index contributed by atoms with van der Waals surface area (Å²) in [6.45, 7) is 2.33. The van der Waals surface area contributed by atoms with Crippen LogP contribution in [0, 0.1) is 0 Å². The van der Waals surface area contributed by atoms with Gasteiger partial charge in [-0.05, 0) is 51.0 Å². The molecule has 13 nitrogen and oxygen atoms in total. The minimum absolute atomic E-state index is 0.0509. The monoisotopic (exact) mass is 647 g/mol. The van der Waals surface area contributed by atoms with E-state index in [9.17, 15) is 9.90 Å². The number of benzene rings is 2. The number of carbonyl (C=O) groups excluding carboxylic acids is 1. The van der Waals surface area contributed by atoms with E-state index in [-0.39, 0.29) is 24.3 Å². The molecule has 2 aromatic heterocycles. The Kier molecular flexibility index (Phi) is 9.08. The number of halogens is 1. The minimum Gasteiger partial charge on any atom is -0.462 e. The highest BCUT2D eigenvalue weighted by molar-refractivity contribution is 8.09. The number of aromatic nitrogens is 4. The molecule has 0 aliphatic carbocycles. The second kappa shape index (κ2) is 12.5. The van der Waals surface area contributed by atoms with Crippen molar-refractivity contribution >= 4 is 58.1 Å². The number of anilines is 2. The Morgan fingerprint density at radius 1 is 1.25 bits per heavy atom. The standard InChI is InChI=1S/C28H35FN7O6PS/c1-15(2)40-25(38)16(3)35-43(44,42-19-12-8-10-17-9-6-7-11-18(17)19)39-13-20-22(37)28(4,29)26(41-20)36-14-32-21-23(31-5)33-27(30)34-24(21)36/h6-12,14-16,20,22,26,37H,13H2,1-5H3,(H,35,44)(H3,30,31,33,34)/t16-,20-,22-,26-,28-,43?/m1/s1. The third-order valence-corrected chi connectivity index (χ3v) is 9.56. The number of alkyl halides is 1. The number of aliphatic hydroxyl groups excluding tert-OH is 1. The van der Waals surface area contributed by atoms with Crippen LogP contribution in [-0.4, -0.2) is 74.3 Å². The number of nitrogens with two attached hydrogens (primary N) is 1. The van der Waals surface area contributed by atoms with Gasteiger partial charge in [0, 0.05) is 12.4 Å². The highest BCUT2D eigenvalue weighted by Gasteiger charge is 2.56. The molecule has 4 aromatic rings. The van der Waals surface area contributed by atoms with Gasteiger partial charge < -0.3 is 34.7 Å². The number of aliphatic hydroxyl groups is 1. The number of hydrogen-bond acceptors (Lipinski definition) is 12. The van der Waals surface area contributed by atoms with Crippen molar-refractivity contribution in [3.63, 3.8) is 0 Å². The number of hydrogen-bond donors (Lipinski definition) is 4. The van der Waals surface area contributed by atoms with Gasteiger partial charge in [-0.2, -0.15) is 9.97 Å². The van der Waals surface area contributed by atoms with Gasteiger partial charge in [-0.1, -0.05) is 36.4 Å². The predicted octanol–water partition coefficient (Wildman–Crippen LogP) is 3.84. The molecule has 0 bridgehead atoms. The Hall–Kier alpha value is -3.46. The summed E-state index contributed by atoms with van der Waals surface area (Å²) in [5, 5.41) is 18.6. The van der Waals surface area contributed by atoms with Crippen molar-refractivity contribution in [2.75, 3.05) is 24.7 Å². The topological polar surface area (TPSA) is 168 Å². The summed E-state index contributed by atoms with van der Waals surface area (Å²) >= 11 is 5.86. The number of rotatable bonds is 11. The van der Waals surface area contributed by atoms with E-state index in [4.69, 9.17) is 36.1 Å². The highest BCUT2D eigenvalue weighted by Crippen LogP contribution is 2.49. The molecule has 236 valence electrons. The third kappa shape index (κ3) is 6.34. The second-order valence-corrected chi connectivity index (χ2v) is 14.0. The zero-order chi connectivity index (χ0) is 31.8. The van der Waals surface area contributed by atoms with Gasteiger partial charge in [0.1, 0.15) is 24.0 Å². The fourth-order valence-electron chi connectivity index (χ4n) is 4.92. The minimum atomic E-state index is -3.55.